The molecule has 0 spiro atoms. The van der Waals surface area contributed by atoms with Gasteiger partial charge < -0.3 is 15.5 Å². The van der Waals surface area contributed by atoms with Crippen LogP contribution in [0.1, 0.15) is 37.4 Å². The normalized spacial score (nSPS) is 17.5. The van der Waals surface area contributed by atoms with E-state index in [-0.39, 0.29) is 11.9 Å². The topological polar surface area (TPSA) is 32.5 Å². The monoisotopic (exact) mass is 379 g/mol. The summed E-state index contributed by atoms with van der Waals surface area (Å²) in [7, 11) is 2.02. The molecular weight excluding hydrogens is 349 g/mol. The molecule has 0 saturated heterocycles. The third-order valence-corrected chi connectivity index (χ3v) is 4.65. The van der Waals surface area contributed by atoms with Gasteiger partial charge in [0.2, 0.25) is 0 Å². The summed E-state index contributed by atoms with van der Waals surface area (Å²) in [6.45, 7) is 9.75. The van der Waals surface area contributed by atoms with Crippen molar-refractivity contribution in [1.29, 1.82) is 0 Å². The SMILES string of the molecule is C=C(N)N(/C=C/C1=CC=CN(C)C1c1ccc(F)c(C)c1)C(/C=C\CC)=C\C. The molecule has 1 unspecified atom stereocenters. The largest absolute Gasteiger partial charge is 0.385 e. The highest BCUT2D eigenvalue weighted by Crippen LogP contribution is 2.32. The van der Waals surface area contributed by atoms with E-state index in [9.17, 15) is 4.39 Å². The highest BCUT2D eigenvalue weighted by atomic mass is 19.1. The van der Waals surface area contributed by atoms with Gasteiger partial charge in [-0.2, -0.15) is 0 Å². The van der Waals surface area contributed by atoms with Gasteiger partial charge in [-0.25, -0.2) is 4.39 Å². The zero-order valence-corrected chi connectivity index (χ0v) is 17.2. The third kappa shape index (κ3) is 5.03. The van der Waals surface area contributed by atoms with E-state index >= 15 is 0 Å². The third-order valence-electron chi connectivity index (χ3n) is 4.65. The van der Waals surface area contributed by atoms with Crippen molar-refractivity contribution in [2.75, 3.05) is 7.05 Å². The smallest absolute Gasteiger partial charge is 0.126 e. The number of nitrogens with two attached hydrogens (primary N) is 1. The number of nitrogens with zero attached hydrogens (tertiary/aromatic N) is 2. The molecule has 0 bridgehead atoms. The molecule has 4 heteroatoms. The first-order valence-electron chi connectivity index (χ1n) is 9.50. The zero-order chi connectivity index (χ0) is 20.7. The summed E-state index contributed by atoms with van der Waals surface area (Å²) >= 11 is 0. The average Bonchev–Trinajstić information content (AvgIpc) is 2.66. The van der Waals surface area contributed by atoms with Crippen molar-refractivity contribution in [2.45, 2.75) is 33.2 Å². The van der Waals surface area contributed by atoms with E-state index < -0.39 is 0 Å². The second-order valence-corrected chi connectivity index (χ2v) is 6.79. The summed E-state index contributed by atoms with van der Waals surface area (Å²) < 4.78 is 13.7. The number of likely N-dealkylation sites (N-methyl/N-ethyl adjacent to an activating group) is 1. The van der Waals surface area contributed by atoms with Crippen molar-refractivity contribution in [2.24, 2.45) is 5.73 Å². The number of aryl methyl sites for hydroxylation is 1. The molecule has 0 saturated carbocycles. The molecular formula is C24H30FN3. The van der Waals surface area contributed by atoms with Gasteiger partial charge in [0.05, 0.1) is 11.9 Å². The number of rotatable bonds is 7. The number of benzene rings is 1. The fraction of sp³-hybridized carbons (Fsp3) is 0.250. The van der Waals surface area contributed by atoms with Gasteiger partial charge in [0.1, 0.15) is 5.82 Å². The fourth-order valence-electron chi connectivity index (χ4n) is 3.18. The van der Waals surface area contributed by atoms with Crippen molar-refractivity contribution < 1.29 is 4.39 Å². The summed E-state index contributed by atoms with van der Waals surface area (Å²) in [6.07, 6.45) is 17.1. The first kappa shape index (κ1) is 21.3. The van der Waals surface area contributed by atoms with E-state index in [1.165, 1.54) is 6.07 Å². The maximum Gasteiger partial charge on any atom is 0.126 e. The maximum atomic E-state index is 13.7. The molecule has 0 fully saturated rings. The van der Waals surface area contributed by atoms with Crippen LogP contribution in [0.5, 0.6) is 0 Å². The Kier molecular flexibility index (Phi) is 7.44. The highest BCUT2D eigenvalue weighted by Gasteiger charge is 2.21. The molecule has 148 valence electrons. The lowest BCUT2D eigenvalue weighted by atomic mass is 9.94. The first-order valence-corrected chi connectivity index (χ1v) is 9.50. The van der Waals surface area contributed by atoms with Crippen LogP contribution in [0.25, 0.3) is 0 Å². The highest BCUT2D eigenvalue weighted by molar-refractivity contribution is 5.41. The summed E-state index contributed by atoms with van der Waals surface area (Å²) in [5.41, 5.74) is 9.75. The Balaban J connectivity index is 2.37. The van der Waals surface area contributed by atoms with Crippen molar-refractivity contribution in [3.8, 4) is 0 Å². The number of hydrogen-bond donors (Lipinski definition) is 1. The zero-order valence-electron chi connectivity index (χ0n) is 17.2. The Morgan fingerprint density at radius 3 is 2.75 bits per heavy atom. The van der Waals surface area contributed by atoms with E-state index in [0.29, 0.717) is 11.4 Å². The van der Waals surface area contributed by atoms with Gasteiger partial charge in [-0.3, -0.25) is 0 Å². The van der Waals surface area contributed by atoms with Crippen LogP contribution < -0.4 is 5.73 Å². The standard InChI is InChI=1S/C24H30FN3/c1-6-8-11-22(7-2)28(19(4)26)16-14-20-10-9-15-27(5)24(20)21-12-13-23(25)18(3)17-21/h7-17,24H,4,6,26H2,1-3,5H3/b11-8-,16-14+,22-7-. The minimum atomic E-state index is -0.190. The van der Waals surface area contributed by atoms with Crippen LogP contribution in [0.4, 0.5) is 4.39 Å². The number of allylic oxidation sites excluding steroid dienone is 5. The minimum absolute atomic E-state index is 0.00585. The second kappa shape index (κ2) is 9.79. The van der Waals surface area contributed by atoms with Crippen LogP contribution in [0.3, 0.4) is 0 Å². The molecule has 0 radical (unpaired) electrons. The van der Waals surface area contributed by atoms with E-state index in [2.05, 4.69) is 30.6 Å². The van der Waals surface area contributed by atoms with Crippen LogP contribution >= 0.6 is 0 Å². The molecule has 1 aliphatic rings. The molecule has 2 rings (SSSR count). The minimum Gasteiger partial charge on any atom is -0.385 e. The quantitative estimate of drug-likeness (QED) is 0.619. The Labute approximate surface area is 168 Å². The van der Waals surface area contributed by atoms with E-state index in [1.54, 1.807) is 6.92 Å². The van der Waals surface area contributed by atoms with Crippen molar-refractivity contribution in [1.82, 2.24) is 9.80 Å². The Hall–Kier alpha value is -3.01. The summed E-state index contributed by atoms with van der Waals surface area (Å²) in [5, 5.41) is 0. The predicted molar refractivity (Wildman–Crippen MR) is 116 cm³/mol. The van der Waals surface area contributed by atoms with Crippen LogP contribution in [0.2, 0.25) is 0 Å². The molecule has 28 heavy (non-hydrogen) atoms. The fourth-order valence-corrected chi connectivity index (χ4v) is 3.18. The van der Waals surface area contributed by atoms with Crippen molar-refractivity contribution >= 4 is 0 Å². The van der Waals surface area contributed by atoms with Crippen molar-refractivity contribution in [3.63, 3.8) is 0 Å². The number of halogens is 1. The summed E-state index contributed by atoms with van der Waals surface area (Å²) in [4.78, 5) is 3.97. The van der Waals surface area contributed by atoms with Gasteiger partial charge in [-0.05, 0) is 67.5 Å². The van der Waals surface area contributed by atoms with Gasteiger partial charge in [0, 0.05) is 18.9 Å². The van der Waals surface area contributed by atoms with Gasteiger partial charge in [-0.1, -0.05) is 43.9 Å². The average molecular weight is 380 g/mol. The summed E-state index contributed by atoms with van der Waals surface area (Å²) in [6, 6.07) is 5.26. The molecule has 1 atom stereocenters. The van der Waals surface area contributed by atoms with E-state index in [0.717, 1.165) is 23.3 Å². The molecule has 0 aromatic heterocycles. The molecule has 2 N–H and O–H groups in total. The predicted octanol–water partition coefficient (Wildman–Crippen LogP) is 5.68. The van der Waals surface area contributed by atoms with Gasteiger partial charge in [0.25, 0.3) is 0 Å². The lowest BCUT2D eigenvalue weighted by molar-refractivity contribution is 0.377. The van der Waals surface area contributed by atoms with Gasteiger partial charge >= 0.3 is 0 Å². The molecule has 1 heterocycles. The van der Waals surface area contributed by atoms with Crippen molar-refractivity contribution in [3.05, 3.63) is 108 Å². The lowest BCUT2D eigenvalue weighted by Crippen LogP contribution is -2.24. The van der Waals surface area contributed by atoms with Gasteiger partial charge in [-0.15, -0.1) is 0 Å². The molecule has 0 aliphatic carbocycles. The van der Waals surface area contributed by atoms with Crippen LogP contribution in [0, 0.1) is 12.7 Å². The molecule has 1 aromatic rings. The Bertz CT molecular complexity index is 859. The van der Waals surface area contributed by atoms with E-state index in [4.69, 9.17) is 5.73 Å². The van der Waals surface area contributed by atoms with Crippen LogP contribution in [-0.2, 0) is 0 Å². The molecule has 0 amide bonds. The van der Waals surface area contributed by atoms with Gasteiger partial charge in [0.15, 0.2) is 0 Å². The molecule has 3 nitrogen and oxygen atoms in total. The van der Waals surface area contributed by atoms with E-state index in [1.807, 2.05) is 67.7 Å². The van der Waals surface area contributed by atoms with Crippen LogP contribution in [-0.4, -0.2) is 16.8 Å². The summed E-state index contributed by atoms with van der Waals surface area (Å²) in [5.74, 6) is 0.254. The second-order valence-electron chi connectivity index (χ2n) is 6.79. The first-order chi connectivity index (χ1) is 13.4. The van der Waals surface area contributed by atoms with Crippen LogP contribution in [0.15, 0.2) is 90.7 Å². The maximum absolute atomic E-state index is 13.7. The number of hydrogen-bond acceptors (Lipinski definition) is 3. The Morgan fingerprint density at radius 1 is 1.39 bits per heavy atom. The Morgan fingerprint density at radius 2 is 2.14 bits per heavy atom. The molecule has 1 aliphatic heterocycles. The lowest BCUT2D eigenvalue weighted by Gasteiger charge is -2.31. The molecule has 1 aromatic carbocycles.